The SMILES string of the molecule is CCOC(=O)C(C)(CCn1nc(C)c(Br)c1C)NC(C)C. The molecule has 21 heavy (non-hydrogen) atoms. The predicted octanol–water partition coefficient (Wildman–Crippen LogP) is 2.97. The molecule has 1 aromatic heterocycles. The molecule has 1 aromatic rings. The average Bonchev–Trinajstić information content (AvgIpc) is 2.63. The van der Waals surface area contributed by atoms with Crippen LogP contribution in [0.15, 0.2) is 4.47 Å². The van der Waals surface area contributed by atoms with Gasteiger partial charge in [-0.25, -0.2) is 0 Å². The lowest BCUT2D eigenvalue weighted by molar-refractivity contribution is -0.151. The maximum absolute atomic E-state index is 12.3. The monoisotopic (exact) mass is 359 g/mol. The number of aromatic nitrogens is 2. The number of carbonyl (C=O) groups excluding carboxylic acids is 1. The van der Waals surface area contributed by atoms with E-state index >= 15 is 0 Å². The van der Waals surface area contributed by atoms with Gasteiger partial charge in [0.25, 0.3) is 0 Å². The van der Waals surface area contributed by atoms with Crippen LogP contribution in [-0.4, -0.2) is 33.9 Å². The number of nitrogens with one attached hydrogen (secondary N) is 1. The lowest BCUT2D eigenvalue weighted by Crippen LogP contribution is -2.53. The lowest BCUT2D eigenvalue weighted by Gasteiger charge is -2.30. The van der Waals surface area contributed by atoms with Crippen molar-refractivity contribution in [1.82, 2.24) is 15.1 Å². The Morgan fingerprint density at radius 1 is 1.48 bits per heavy atom. The van der Waals surface area contributed by atoms with E-state index in [1.165, 1.54) is 0 Å². The van der Waals surface area contributed by atoms with Crippen LogP contribution in [0, 0.1) is 13.8 Å². The van der Waals surface area contributed by atoms with Crippen LogP contribution in [0.25, 0.3) is 0 Å². The van der Waals surface area contributed by atoms with Crippen LogP contribution in [0.3, 0.4) is 0 Å². The highest BCUT2D eigenvalue weighted by molar-refractivity contribution is 9.10. The quantitative estimate of drug-likeness (QED) is 0.760. The fraction of sp³-hybridized carbons (Fsp3) is 0.733. The summed E-state index contributed by atoms with van der Waals surface area (Å²) in [6.45, 7) is 12.8. The summed E-state index contributed by atoms with van der Waals surface area (Å²) in [6.07, 6.45) is 0.623. The number of halogens is 1. The van der Waals surface area contributed by atoms with E-state index in [0.29, 0.717) is 19.6 Å². The molecule has 0 aliphatic rings. The molecule has 0 saturated heterocycles. The van der Waals surface area contributed by atoms with Crippen molar-refractivity contribution in [1.29, 1.82) is 0 Å². The largest absolute Gasteiger partial charge is 0.465 e. The molecule has 1 unspecified atom stereocenters. The van der Waals surface area contributed by atoms with Crippen molar-refractivity contribution >= 4 is 21.9 Å². The van der Waals surface area contributed by atoms with E-state index in [2.05, 4.69) is 26.3 Å². The number of nitrogens with zero attached hydrogens (tertiary/aromatic N) is 2. The average molecular weight is 360 g/mol. The van der Waals surface area contributed by atoms with Crippen molar-refractivity contribution in [3.8, 4) is 0 Å². The third-order valence-corrected chi connectivity index (χ3v) is 4.60. The van der Waals surface area contributed by atoms with Crippen molar-refractivity contribution < 1.29 is 9.53 Å². The summed E-state index contributed by atoms with van der Waals surface area (Å²) in [5.74, 6) is -0.209. The highest BCUT2D eigenvalue weighted by Gasteiger charge is 2.35. The van der Waals surface area contributed by atoms with Gasteiger partial charge in [0.05, 0.1) is 16.8 Å². The first kappa shape index (κ1) is 18.2. The Labute approximate surface area is 135 Å². The van der Waals surface area contributed by atoms with Crippen LogP contribution in [0.2, 0.25) is 0 Å². The maximum Gasteiger partial charge on any atom is 0.326 e. The molecule has 1 heterocycles. The molecule has 0 spiro atoms. The molecular formula is C15H26BrN3O2. The van der Waals surface area contributed by atoms with Gasteiger partial charge in [-0.15, -0.1) is 0 Å². The molecule has 0 aliphatic heterocycles. The minimum absolute atomic E-state index is 0.201. The minimum Gasteiger partial charge on any atom is -0.465 e. The molecule has 1 atom stereocenters. The summed E-state index contributed by atoms with van der Waals surface area (Å²) in [4.78, 5) is 12.3. The summed E-state index contributed by atoms with van der Waals surface area (Å²) >= 11 is 3.52. The van der Waals surface area contributed by atoms with Crippen molar-refractivity contribution in [3.05, 3.63) is 15.9 Å². The molecule has 6 heteroatoms. The van der Waals surface area contributed by atoms with E-state index < -0.39 is 5.54 Å². The van der Waals surface area contributed by atoms with E-state index in [4.69, 9.17) is 4.74 Å². The van der Waals surface area contributed by atoms with Gasteiger partial charge in [0.15, 0.2) is 0 Å². The zero-order chi connectivity index (χ0) is 16.2. The van der Waals surface area contributed by atoms with Crippen LogP contribution in [0.5, 0.6) is 0 Å². The van der Waals surface area contributed by atoms with Crippen molar-refractivity contribution in [2.75, 3.05) is 6.61 Å². The van der Waals surface area contributed by atoms with E-state index in [1.54, 1.807) is 0 Å². The first-order valence-corrected chi connectivity index (χ1v) is 8.15. The van der Waals surface area contributed by atoms with Crippen LogP contribution >= 0.6 is 15.9 Å². The molecule has 0 aliphatic carbocycles. The summed E-state index contributed by atoms with van der Waals surface area (Å²) in [7, 11) is 0. The smallest absolute Gasteiger partial charge is 0.326 e. The Morgan fingerprint density at radius 3 is 2.52 bits per heavy atom. The molecule has 0 amide bonds. The van der Waals surface area contributed by atoms with Gasteiger partial charge in [-0.2, -0.15) is 5.10 Å². The minimum atomic E-state index is -0.705. The third-order valence-electron chi connectivity index (χ3n) is 3.45. The predicted molar refractivity (Wildman–Crippen MR) is 87.3 cm³/mol. The number of hydrogen-bond donors (Lipinski definition) is 1. The highest BCUT2D eigenvalue weighted by atomic mass is 79.9. The van der Waals surface area contributed by atoms with Gasteiger partial charge in [0, 0.05) is 18.3 Å². The lowest BCUT2D eigenvalue weighted by atomic mass is 9.96. The summed E-state index contributed by atoms with van der Waals surface area (Å²) < 4.78 is 8.17. The van der Waals surface area contributed by atoms with Crippen LogP contribution in [0.4, 0.5) is 0 Å². The van der Waals surface area contributed by atoms with E-state index in [1.807, 2.05) is 46.2 Å². The van der Waals surface area contributed by atoms with Crippen LogP contribution in [0.1, 0.15) is 45.5 Å². The van der Waals surface area contributed by atoms with Gasteiger partial charge >= 0.3 is 5.97 Å². The second kappa shape index (κ2) is 7.40. The molecule has 0 saturated carbocycles. The van der Waals surface area contributed by atoms with E-state index in [-0.39, 0.29) is 12.0 Å². The zero-order valence-electron chi connectivity index (χ0n) is 13.8. The summed E-state index contributed by atoms with van der Waals surface area (Å²) in [5, 5.41) is 7.81. The number of ether oxygens (including phenoxy) is 1. The van der Waals surface area contributed by atoms with Crippen molar-refractivity contribution in [2.24, 2.45) is 0 Å². The summed E-state index contributed by atoms with van der Waals surface area (Å²) in [5.41, 5.74) is 1.33. The zero-order valence-corrected chi connectivity index (χ0v) is 15.4. The number of aryl methyl sites for hydroxylation is 2. The summed E-state index contributed by atoms with van der Waals surface area (Å²) in [6, 6.07) is 0.201. The molecular weight excluding hydrogens is 334 g/mol. The fourth-order valence-electron chi connectivity index (χ4n) is 2.38. The molecule has 0 fully saturated rings. The maximum atomic E-state index is 12.3. The van der Waals surface area contributed by atoms with Gasteiger partial charge in [-0.1, -0.05) is 0 Å². The van der Waals surface area contributed by atoms with Crippen LogP contribution < -0.4 is 5.32 Å². The Kier molecular flexibility index (Phi) is 6.41. The molecule has 0 aromatic carbocycles. The van der Waals surface area contributed by atoms with Gasteiger partial charge in [-0.3, -0.25) is 14.8 Å². The van der Waals surface area contributed by atoms with Crippen LogP contribution in [-0.2, 0) is 16.1 Å². The van der Waals surface area contributed by atoms with Crippen molar-refractivity contribution in [3.63, 3.8) is 0 Å². The molecule has 0 radical (unpaired) electrons. The molecule has 120 valence electrons. The second-order valence-electron chi connectivity index (χ2n) is 5.81. The molecule has 1 rings (SSSR count). The van der Waals surface area contributed by atoms with Gasteiger partial charge in [0.2, 0.25) is 0 Å². The first-order valence-electron chi connectivity index (χ1n) is 7.35. The second-order valence-corrected chi connectivity index (χ2v) is 6.60. The van der Waals surface area contributed by atoms with Gasteiger partial charge in [0.1, 0.15) is 5.54 Å². The molecule has 5 nitrogen and oxygen atoms in total. The third kappa shape index (κ3) is 4.54. The Hall–Kier alpha value is -0.880. The number of carbonyl (C=O) groups is 1. The Morgan fingerprint density at radius 2 is 2.10 bits per heavy atom. The van der Waals surface area contributed by atoms with Gasteiger partial charge in [-0.05, 0) is 63.9 Å². The highest BCUT2D eigenvalue weighted by Crippen LogP contribution is 2.22. The van der Waals surface area contributed by atoms with Gasteiger partial charge < -0.3 is 4.74 Å². The number of esters is 1. The standard InChI is InChI=1S/C15H26BrN3O2/c1-7-21-14(20)15(6,17-10(2)3)8-9-19-12(5)13(16)11(4)18-19/h10,17H,7-9H2,1-6H3. The fourth-order valence-corrected chi connectivity index (χ4v) is 2.67. The van der Waals surface area contributed by atoms with E-state index in [0.717, 1.165) is 15.9 Å². The Bertz CT molecular complexity index is 499. The van der Waals surface area contributed by atoms with E-state index in [9.17, 15) is 4.79 Å². The first-order chi connectivity index (χ1) is 9.71. The number of hydrogen-bond acceptors (Lipinski definition) is 4. The van der Waals surface area contributed by atoms with Crippen molar-refractivity contribution in [2.45, 2.75) is 66.1 Å². The molecule has 1 N–H and O–H groups in total. The molecule has 0 bridgehead atoms. The topological polar surface area (TPSA) is 56.2 Å². The normalized spacial score (nSPS) is 14.3. The Balaban J connectivity index is 2.86. The number of rotatable bonds is 7.